The van der Waals surface area contributed by atoms with E-state index in [9.17, 15) is 4.79 Å². The van der Waals surface area contributed by atoms with Gasteiger partial charge in [0.05, 0.1) is 7.11 Å². The summed E-state index contributed by atoms with van der Waals surface area (Å²) < 4.78 is 6.97. The van der Waals surface area contributed by atoms with Crippen LogP contribution >= 0.6 is 0 Å². The Morgan fingerprint density at radius 2 is 1.97 bits per heavy atom. The number of methoxy groups -OCH3 is 1. The number of carbonyl (C=O) groups excluding carboxylic acids is 1. The lowest BCUT2D eigenvalue weighted by atomic mass is 9.96. The van der Waals surface area contributed by atoms with Gasteiger partial charge in [-0.15, -0.1) is 0 Å². The SMILES string of the molecule is COc1ccccc1CCNC(=O)C1CCN(c2cc(-n3cncn3)ncn2)CC1. The van der Waals surface area contributed by atoms with Gasteiger partial charge in [0.2, 0.25) is 5.91 Å². The minimum absolute atomic E-state index is 0.0236. The van der Waals surface area contributed by atoms with Gasteiger partial charge in [0.25, 0.3) is 0 Å². The number of anilines is 1. The molecule has 0 bridgehead atoms. The first kappa shape index (κ1) is 19.8. The van der Waals surface area contributed by atoms with Crippen molar-refractivity contribution in [3.8, 4) is 11.6 Å². The summed E-state index contributed by atoms with van der Waals surface area (Å²) in [4.78, 5) is 27.3. The van der Waals surface area contributed by atoms with Crippen LogP contribution in [-0.2, 0) is 11.2 Å². The fourth-order valence-corrected chi connectivity index (χ4v) is 3.71. The summed E-state index contributed by atoms with van der Waals surface area (Å²) in [6, 6.07) is 9.79. The van der Waals surface area contributed by atoms with E-state index < -0.39 is 0 Å². The van der Waals surface area contributed by atoms with Crippen molar-refractivity contribution in [2.75, 3.05) is 31.6 Å². The number of para-hydroxylation sites is 1. The van der Waals surface area contributed by atoms with E-state index in [1.807, 2.05) is 30.3 Å². The Bertz CT molecular complexity index is 969. The molecule has 0 unspecified atom stereocenters. The molecule has 4 rings (SSSR count). The van der Waals surface area contributed by atoms with Gasteiger partial charge in [-0.3, -0.25) is 4.79 Å². The molecule has 156 valence electrons. The molecule has 9 nitrogen and oxygen atoms in total. The fraction of sp³-hybridized carbons (Fsp3) is 0.381. The zero-order valence-corrected chi connectivity index (χ0v) is 16.9. The van der Waals surface area contributed by atoms with E-state index in [0.29, 0.717) is 12.4 Å². The van der Waals surface area contributed by atoms with Crippen LogP contribution in [0.5, 0.6) is 5.75 Å². The van der Waals surface area contributed by atoms with Crippen molar-refractivity contribution in [3.63, 3.8) is 0 Å². The molecular formula is C21H25N7O2. The predicted molar refractivity (Wildman–Crippen MR) is 112 cm³/mol. The minimum atomic E-state index is 0.0236. The molecular weight excluding hydrogens is 382 g/mol. The van der Waals surface area contributed by atoms with Crippen LogP contribution in [0.15, 0.2) is 49.3 Å². The van der Waals surface area contributed by atoms with Gasteiger partial charge in [0.15, 0.2) is 5.82 Å². The molecule has 1 aliphatic rings. The second-order valence-electron chi connectivity index (χ2n) is 7.19. The highest BCUT2D eigenvalue weighted by molar-refractivity contribution is 5.79. The number of hydrogen-bond acceptors (Lipinski definition) is 7. The third-order valence-corrected chi connectivity index (χ3v) is 5.37. The van der Waals surface area contributed by atoms with Crippen LogP contribution in [0.1, 0.15) is 18.4 Å². The van der Waals surface area contributed by atoms with Crippen molar-refractivity contribution >= 4 is 11.7 Å². The summed E-state index contributed by atoms with van der Waals surface area (Å²) in [6.45, 7) is 2.16. The van der Waals surface area contributed by atoms with Gasteiger partial charge < -0.3 is 15.0 Å². The number of ether oxygens (including phenoxy) is 1. The monoisotopic (exact) mass is 407 g/mol. The van der Waals surface area contributed by atoms with Gasteiger partial charge in [0.1, 0.15) is 30.5 Å². The molecule has 3 aromatic rings. The highest BCUT2D eigenvalue weighted by atomic mass is 16.5. The molecule has 1 fully saturated rings. The quantitative estimate of drug-likeness (QED) is 0.636. The summed E-state index contributed by atoms with van der Waals surface area (Å²) in [7, 11) is 1.66. The molecule has 1 aliphatic heterocycles. The Morgan fingerprint density at radius 1 is 1.17 bits per heavy atom. The molecule has 3 heterocycles. The topological polar surface area (TPSA) is 98.1 Å². The molecule has 1 amide bonds. The van der Waals surface area contributed by atoms with E-state index in [4.69, 9.17) is 4.74 Å². The Labute approximate surface area is 175 Å². The zero-order valence-electron chi connectivity index (χ0n) is 16.9. The molecule has 0 radical (unpaired) electrons. The Kier molecular flexibility index (Phi) is 6.17. The summed E-state index contributed by atoms with van der Waals surface area (Å²) in [5.41, 5.74) is 1.10. The first-order chi connectivity index (χ1) is 14.7. The van der Waals surface area contributed by atoms with E-state index in [1.165, 1.54) is 12.7 Å². The lowest BCUT2D eigenvalue weighted by molar-refractivity contribution is -0.125. The average Bonchev–Trinajstić information content (AvgIpc) is 3.35. The maximum atomic E-state index is 12.6. The van der Waals surface area contributed by atoms with E-state index >= 15 is 0 Å². The van der Waals surface area contributed by atoms with Crippen molar-refractivity contribution in [1.29, 1.82) is 0 Å². The second kappa shape index (κ2) is 9.34. The molecule has 0 atom stereocenters. The summed E-state index contributed by atoms with van der Waals surface area (Å²) in [6.07, 6.45) is 6.95. The number of nitrogens with zero attached hydrogens (tertiary/aromatic N) is 6. The van der Waals surface area contributed by atoms with Crippen molar-refractivity contribution in [3.05, 3.63) is 54.9 Å². The number of aromatic nitrogens is 5. The molecule has 0 spiro atoms. The first-order valence-corrected chi connectivity index (χ1v) is 10.1. The molecule has 2 aromatic heterocycles. The number of hydrogen-bond donors (Lipinski definition) is 1. The third kappa shape index (κ3) is 4.56. The largest absolute Gasteiger partial charge is 0.496 e. The van der Waals surface area contributed by atoms with Crippen molar-refractivity contribution < 1.29 is 9.53 Å². The number of piperidine rings is 1. The highest BCUT2D eigenvalue weighted by Crippen LogP contribution is 2.23. The first-order valence-electron chi connectivity index (χ1n) is 10.1. The van der Waals surface area contributed by atoms with Crippen LogP contribution in [0, 0.1) is 5.92 Å². The molecule has 1 N–H and O–H groups in total. The standard InChI is InChI=1S/C21H25N7O2/c1-30-18-5-3-2-4-16(18)6-9-23-21(29)17-7-10-27(11-8-17)19-12-20(25-14-24-19)28-15-22-13-26-28/h2-5,12-15,17H,6-11H2,1H3,(H,23,29). The van der Waals surface area contributed by atoms with Crippen LogP contribution in [0.2, 0.25) is 0 Å². The fourth-order valence-electron chi connectivity index (χ4n) is 3.71. The van der Waals surface area contributed by atoms with E-state index in [2.05, 4.69) is 30.3 Å². The lowest BCUT2D eigenvalue weighted by Crippen LogP contribution is -2.41. The van der Waals surface area contributed by atoms with Crippen LogP contribution in [0.25, 0.3) is 5.82 Å². The summed E-state index contributed by atoms with van der Waals surface area (Å²) in [5, 5.41) is 7.18. The second-order valence-corrected chi connectivity index (χ2v) is 7.19. The smallest absolute Gasteiger partial charge is 0.223 e. The highest BCUT2D eigenvalue weighted by Gasteiger charge is 2.25. The van der Waals surface area contributed by atoms with Gasteiger partial charge in [-0.25, -0.2) is 19.6 Å². The summed E-state index contributed by atoms with van der Waals surface area (Å²) in [5.74, 6) is 2.51. The maximum Gasteiger partial charge on any atom is 0.223 e. The summed E-state index contributed by atoms with van der Waals surface area (Å²) >= 11 is 0. The number of nitrogens with one attached hydrogen (secondary N) is 1. The Balaban J connectivity index is 1.27. The van der Waals surface area contributed by atoms with Gasteiger partial charge in [-0.2, -0.15) is 5.10 Å². The molecule has 1 saturated heterocycles. The number of rotatable bonds is 7. The lowest BCUT2D eigenvalue weighted by Gasteiger charge is -2.32. The van der Waals surface area contributed by atoms with E-state index in [1.54, 1.807) is 18.1 Å². The predicted octanol–water partition coefficient (Wildman–Crippen LogP) is 1.64. The molecule has 9 heteroatoms. The minimum Gasteiger partial charge on any atom is -0.496 e. The normalized spacial score (nSPS) is 14.5. The molecule has 0 aliphatic carbocycles. The van der Waals surface area contributed by atoms with Crippen LogP contribution in [-0.4, -0.2) is 57.4 Å². The van der Waals surface area contributed by atoms with Crippen LogP contribution < -0.4 is 15.0 Å². The number of amides is 1. The third-order valence-electron chi connectivity index (χ3n) is 5.37. The van der Waals surface area contributed by atoms with Gasteiger partial charge in [-0.05, 0) is 30.9 Å². The van der Waals surface area contributed by atoms with Crippen LogP contribution in [0.4, 0.5) is 5.82 Å². The zero-order chi connectivity index (χ0) is 20.8. The molecule has 1 aromatic carbocycles. The van der Waals surface area contributed by atoms with Crippen molar-refractivity contribution in [1.82, 2.24) is 30.0 Å². The Hall–Kier alpha value is -3.49. The molecule has 0 saturated carbocycles. The van der Waals surface area contributed by atoms with E-state index in [-0.39, 0.29) is 11.8 Å². The maximum absolute atomic E-state index is 12.6. The Morgan fingerprint density at radius 3 is 2.73 bits per heavy atom. The van der Waals surface area contributed by atoms with E-state index in [0.717, 1.165) is 49.5 Å². The number of carbonyl (C=O) groups is 1. The van der Waals surface area contributed by atoms with Gasteiger partial charge >= 0.3 is 0 Å². The van der Waals surface area contributed by atoms with Crippen molar-refractivity contribution in [2.24, 2.45) is 5.92 Å². The van der Waals surface area contributed by atoms with Crippen LogP contribution in [0.3, 0.4) is 0 Å². The van der Waals surface area contributed by atoms with Crippen molar-refractivity contribution in [2.45, 2.75) is 19.3 Å². The average molecular weight is 407 g/mol. The van der Waals surface area contributed by atoms with Gasteiger partial charge in [-0.1, -0.05) is 18.2 Å². The number of benzene rings is 1. The van der Waals surface area contributed by atoms with Gasteiger partial charge in [0, 0.05) is 31.6 Å². The molecule has 30 heavy (non-hydrogen) atoms.